The number of imidazole rings is 1. The first kappa shape index (κ1) is 11.5. The molecule has 3 nitrogen and oxygen atoms in total. The number of ether oxygens (including phenoxy) is 1. The molecule has 4 heteroatoms. The maximum Gasteiger partial charge on any atom is 0.137 e. The normalized spacial score (nSPS) is 10.8. The van der Waals surface area contributed by atoms with Gasteiger partial charge in [-0.3, -0.25) is 0 Å². The lowest BCUT2D eigenvalue weighted by Crippen LogP contribution is -1.86. The molecular formula is C14H11IN2O. The summed E-state index contributed by atoms with van der Waals surface area (Å²) in [4.78, 5) is 4.59. The Morgan fingerprint density at radius 2 is 1.83 bits per heavy atom. The second-order valence-electron chi connectivity index (χ2n) is 3.97. The summed E-state index contributed by atoms with van der Waals surface area (Å²) >= 11 is 2.30. The van der Waals surface area contributed by atoms with Gasteiger partial charge in [0.05, 0.1) is 19.0 Å². The number of rotatable bonds is 2. The van der Waals surface area contributed by atoms with Crippen molar-refractivity contribution in [3.8, 4) is 17.0 Å². The summed E-state index contributed by atoms with van der Waals surface area (Å²) in [5, 5.41) is 0. The number of fused-ring (bicyclic) bond motifs is 1. The monoisotopic (exact) mass is 350 g/mol. The molecule has 0 aliphatic carbocycles. The smallest absolute Gasteiger partial charge is 0.137 e. The van der Waals surface area contributed by atoms with Crippen molar-refractivity contribution in [1.29, 1.82) is 0 Å². The minimum Gasteiger partial charge on any atom is -0.495 e. The van der Waals surface area contributed by atoms with E-state index in [9.17, 15) is 0 Å². The van der Waals surface area contributed by atoms with E-state index < -0.39 is 0 Å². The van der Waals surface area contributed by atoms with Crippen LogP contribution in [-0.4, -0.2) is 16.5 Å². The Morgan fingerprint density at radius 1 is 1.06 bits per heavy atom. The van der Waals surface area contributed by atoms with Gasteiger partial charge in [0.15, 0.2) is 0 Å². The zero-order chi connectivity index (χ0) is 12.5. The third kappa shape index (κ3) is 2.08. The van der Waals surface area contributed by atoms with E-state index in [0.717, 1.165) is 22.7 Å². The highest BCUT2D eigenvalue weighted by molar-refractivity contribution is 14.1. The fraction of sp³-hybridized carbons (Fsp3) is 0.0714. The van der Waals surface area contributed by atoms with Crippen LogP contribution in [0.2, 0.25) is 0 Å². The maximum absolute atomic E-state index is 5.20. The van der Waals surface area contributed by atoms with Crippen molar-refractivity contribution in [2.75, 3.05) is 7.11 Å². The third-order valence-electron chi connectivity index (χ3n) is 2.80. The van der Waals surface area contributed by atoms with E-state index in [4.69, 9.17) is 4.74 Å². The SMILES string of the molecule is COc1ccc2nc(-c3ccc(I)cc3)cn2c1. The number of halogens is 1. The fourth-order valence-corrected chi connectivity index (χ4v) is 2.21. The van der Waals surface area contributed by atoms with E-state index in [0.29, 0.717) is 0 Å². The van der Waals surface area contributed by atoms with Crippen molar-refractivity contribution >= 4 is 28.2 Å². The van der Waals surface area contributed by atoms with Gasteiger partial charge in [-0.05, 0) is 46.9 Å². The Labute approximate surface area is 119 Å². The highest BCUT2D eigenvalue weighted by Gasteiger charge is 2.04. The first-order chi connectivity index (χ1) is 8.76. The van der Waals surface area contributed by atoms with Crippen LogP contribution in [0.15, 0.2) is 48.8 Å². The summed E-state index contributed by atoms with van der Waals surface area (Å²) in [6, 6.07) is 12.2. The molecule has 3 aromatic rings. The highest BCUT2D eigenvalue weighted by atomic mass is 127. The van der Waals surface area contributed by atoms with E-state index in [-0.39, 0.29) is 0 Å². The molecule has 0 atom stereocenters. The summed E-state index contributed by atoms with van der Waals surface area (Å²) in [7, 11) is 1.66. The van der Waals surface area contributed by atoms with Crippen LogP contribution in [0.3, 0.4) is 0 Å². The summed E-state index contributed by atoms with van der Waals surface area (Å²) in [5.74, 6) is 0.828. The Bertz CT molecular complexity index is 689. The van der Waals surface area contributed by atoms with Gasteiger partial charge in [0.2, 0.25) is 0 Å². The van der Waals surface area contributed by atoms with Gasteiger partial charge >= 0.3 is 0 Å². The van der Waals surface area contributed by atoms with Crippen LogP contribution in [-0.2, 0) is 0 Å². The average Bonchev–Trinajstić information content (AvgIpc) is 2.82. The van der Waals surface area contributed by atoms with Gasteiger partial charge in [-0.25, -0.2) is 4.98 Å². The van der Waals surface area contributed by atoms with Gasteiger partial charge in [0.25, 0.3) is 0 Å². The number of methoxy groups -OCH3 is 1. The molecule has 0 spiro atoms. The third-order valence-corrected chi connectivity index (χ3v) is 3.52. The Hall–Kier alpha value is -1.56. The van der Waals surface area contributed by atoms with Crippen molar-refractivity contribution in [3.63, 3.8) is 0 Å². The largest absolute Gasteiger partial charge is 0.495 e. The van der Waals surface area contributed by atoms with Gasteiger partial charge in [-0.2, -0.15) is 0 Å². The molecule has 0 saturated carbocycles. The Morgan fingerprint density at radius 3 is 2.56 bits per heavy atom. The lowest BCUT2D eigenvalue weighted by molar-refractivity contribution is 0.412. The molecule has 18 heavy (non-hydrogen) atoms. The standard InChI is InChI=1S/C14H11IN2O/c1-18-12-6-7-14-16-13(9-17(14)8-12)10-2-4-11(15)5-3-10/h2-9H,1H3. The predicted molar refractivity (Wildman–Crippen MR) is 79.9 cm³/mol. The second kappa shape index (κ2) is 4.61. The molecule has 1 aromatic carbocycles. The number of pyridine rings is 1. The van der Waals surface area contributed by atoms with Crippen molar-refractivity contribution in [2.45, 2.75) is 0 Å². The molecule has 90 valence electrons. The number of benzene rings is 1. The molecule has 3 rings (SSSR count). The van der Waals surface area contributed by atoms with Gasteiger partial charge in [0, 0.05) is 15.3 Å². The molecule has 0 fully saturated rings. The first-order valence-corrected chi connectivity index (χ1v) is 6.63. The molecule has 0 saturated heterocycles. The van der Waals surface area contributed by atoms with Crippen LogP contribution in [0.1, 0.15) is 0 Å². The summed E-state index contributed by atoms with van der Waals surface area (Å²) in [6.45, 7) is 0. The number of hydrogen-bond acceptors (Lipinski definition) is 2. The number of aromatic nitrogens is 2. The molecule has 0 bridgehead atoms. The minimum atomic E-state index is 0.828. The van der Waals surface area contributed by atoms with Crippen LogP contribution in [0, 0.1) is 3.57 Å². The van der Waals surface area contributed by atoms with Gasteiger partial charge in [-0.1, -0.05) is 12.1 Å². The molecule has 0 aliphatic heterocycles. The van der Waals surface area contributed by atoms with Crippen molar-refractivity contribution in [2.24, 2.45) is 0 Å². The lowest BCUT2D eigenvalue weighted by atomic mass is 10.2. The van der Waals surface area contributed by atoms with Crippen LogP contribution in [0.5, 0.6) is 5.75 Å². The van der Waals surface area contributed by atoms with Crippen molar-refractivity contribution in [1.82, 2.24) is 9.38 Å². The fourth-order valence-electron chi connectivity index (χ4n) is 1.85. The molecule has 0 unspecified atom stereocenters. The molecule has 0 amide bonds. The molecule has 2 aromatic heterocycles. The molecule has 0 aliphatic rings. The van der Waals surface area contributed by atoms with E-state index in [1.54, 1.807) is 7.11 Å². The van der Waals surface area contributed by atoms with Crippen LogP contribution in [0.25, 0.3) is 16.9 Å². The highest BCUT2D eigenvalue weighted by Crippen LogP contribution is 2.21. The van der Waals surface area contributed by atoms with Crippen molar-refractivity contribution < 1.29 is 4.74 Å². The van der Waals surface area contributed by atoms with Gasteiger partial charge < -0.3 is 9.14 Å². The van der Waals surface area contributed by atoms with E-state index >= 15 is 0 Å². The van der Waals surface area contributed by atoms with Gasteiger partial charge in [-0.15, -0.1) is 0 Å². The number of hydrogen-bond donors (Lipinski definition) is 0. The number of nitrogens with zero attached hydrogens (tertiary/aromatic N) is 2. The second-order valence-corrected chi connectivity index (χ2v) is 5.21. The van der Waals surface area contributed by atoms with Crippen molar-refractivity contribution in [3.05, 3.63) is 52.4 Å². The summed E-state index contributed by atoms with van der Waals surface area (Å²) in [6.07, 6.45) is 3.94. The lowest BCUT2D eigenvalue weighted by Gasteiger charge is -1.98. The van der Waals surface area contributed by atoms with E-state index in [2.05, 4.69) is 51.8 Å². The average molecular weight is 350 g/mol. The van der Waals surface area contributed by atoms with Crippen LogP contribution < -0.4 is 4.74 Å². The summed E-state index contributed by atoms with van der Waals surface area (Å²) in [5.41, 5.74) is 3.02. The Kier molecular flexibility index (Phi) is 2.95. The van der Waals surface area contributed by atoms with Crippen LogP contribution in [0.4, 0.5) is 0 Å². The quantitative estimate of drug-likeness (QED) is 0.660. The Balaban J connectivity index is 2.10. The topological polar surface area (TPSA) is 26.5 Å². The zero-order valence-corrected chi connectivity index (χ0v) is 12.0. The predicted octanol–water partition coefficient (Wildman–Crippen LogP) is 3.61. The molecular weight excluding hydrogens is 339 g/mol. The molecule has 0 N–H and O–H groups in total. The minimum absolute atomic E-state index is 0.828. The van der Waals surface area contributed by atoms with Crippen LogP contribution >= 0.6 is 22.6 Å². The summed E-state index contributed by atoms with van der Waals surface area (Å²) < 4.78 is 8.41. The maximum atomic E-state index is 5.20. The zero-order valence-electron chi connectivity index (χ0n) is 9.80. The first-order valence-electron chi connectivity index (χ1n) is 5.55. The van der Waals surface area contributed by atoms with E-state index in [1.165, 1.54) is 3.57 Å². The molecule has 0 radical (unpaired) electrons. The van der Waals surface area contributed by atoms with E-state index in [1.807, 2.05) is 28.9 Å². The van der Waals surface area contributed by atoms with Gasteiger partial charge in [0.1, 0.15) is 11.4 Å². The molecule has 2 heterocycles.